The summed E-state index contributed by atoms with van der Waals surface area (Å²) in [5.41, 5.74) is 7.26. The zero-order chi connectivity index (χ0) is 15.5. The van der Waals surface area contributed by atoms with E-state index in [9.17, 15) is 12.8 Å². The van der Waals surface area contributed by atoms with Gasteiger partial charge < -0.3 is 5.73 Å². The molecule has 0 aliphatic rings. The summed E-state index contributed by atoms with van der Waals surface area (Å²) in [6.07, 6.45) is 0. The van der Waals surface area contributed by atoms with Crippen LogP contribution in [-0.4, -0.2) is 8.42 Å². The predicted molar refractivity (Wildman–Crippen MR) is 79.5 cm³/mol. The monoisotopic (exact) mass is 308 g/mol. The Morgan fingerprint density at radius 1 is 1.14 bits per heavy atom. The van der Waals surface area contributed by atoms with Gasteiger partial charge in [-0.3, -0.25) is 0 Å². The minimum atomic E-state index is -3.90. The molecular formula is C15H17FN2O2S. The maximum Gasteiger partial charge on any atom is 0.244 e. The lowest BCUT2D eigenvalue weighted by molar-refractivity contribution is 0.547. The van der Waals surface area contributed by atoms with Crippen molar-refractivity contribution in [2.45, 2.75) is 24.4 Å². The molecule has 0 spiro atoms. The highest BCUT2D eigenvalue weighted by Crippen LogP contribution is 2.19. The quantitative estimate of drug-likeness (QED) is 0.890. The van der Waals surface area contributed by atoms with Crippen molar-refractivity contribution in [3.05, 3.63) is 65.5 Å². The molecule has 0 saturated carbocycles. The molecule has 112 valence electrons. The van der Waals surface area contributed by atoms with Crippen molar-refractivity contribution < 1.29 is 12.8 Å². The zero-order valence-electron chi connectivity index (χ0n) is 11.6. The first kappa shape index (κ1) is 15.6. The molecule has 0 aliphatic heterocycles. The van der Waals surface area contributed by atoms with E-state index in [0.717, 1.165) is 17.2 Å². The summed E-state index contributed by atoms with van der Waals surface area (Å²) in [4.78, 5) is -0.351. The zero-order valence-corrected chi connectivity index (χ0v) is 12.4. The number of rotatable bonds is 5. The second-order valence-electron chi connectivity index (χ2n) is 4.72. The molecule has 21 heavy (non-hydrogen) atoms. The van der Waals surface area contributed by atoms with Crippen LogP contribution in [0.2, 0.25) is 0 Å². The van der Waals surface area contributed by atoms with Crippen LogP contribution in [0.15, 0.2) is 53.4 Å². The Morgan fingerprint density at radius 2 is 1.76 bits per heavy atom. The Bertz CT molecular complexity index is 715. The molecule has 0 amide bonds. The van der Waals surface area contributed by atoms with E-state index in [2.05, 4.69) is 4.72 Å². The topological polar surface area (TPSA) is 72.2 Å². The average molecular weight is 308 g/mol. The summed E-state index contributed by atoms with van der Waals surface area (Å²) in [5, 5.41) is 0. The third-order valence-electron chi connectivity index (χ3n) is 3.17. The third-order valence-corrected chi connectivity index (χ3v) is 4.75. The van der Waals surface area contributed by atoms with Gasteiger partial charge in [-0.2, -0.15) is 0 Å². The van der Waals surface area contributed by atoms with Crippen molar-refractivity contribution in [3.8, 4) is 0 Å². The number of hydrogen-bond acceptors (Lipinski definition) is 3. The normalized spacial score (nSPS) is 13.1. The van der Waals surface area contributed by atoms with Gasteiger partial charge in [0.25, 0.3) is 0 Å². The number of nitrogens with two attached hydrogens (primary N) is 1. The van der Waals surface area contributed by atoms with Crippen molar-refractivity contribution in [1.29, 1.82) is 0 Å². The summed E-state index contributed by atoms with van der Waals surface area (Å²) < 4.78 is 40.4. The van der Waals surface area contributed by atoms with E-state index in [0.29, 0.717) is 6.54 Å². The standard InChI is InChI=1S/C15H17FN2O2S/c1-11(13-8-6-12(10-17)7-9-13)18-21(19,20)15-5-3-2-4-14(15)16/h2-9,11,18H,10,17H2,1H3. The molecule has 0 heterocycles. The first-order chi connectivity index (χ1) is 9.94. The van der Waals surface area contributed by atoms with Crippen LogP contribution in [0.3, 0.4) is 0 Å². The Labute approximate surface area is 123 Å². The van der Waals surface area contributed by atoms with E-state index in [4.69, 9.17) is 5.73 Å². The number of hydrogen-bond donors (Lipinski definition) is 2. The van der Waals surface area contributed by atoms with Gasteiger partial charge in [-0.15, -0.1) is 0 Å². The fourth-order valence-electron chi connectivity index (χ4n) is 1.97. The fourth-order valence-corrected chi connectivity index (χ4v) is 3.28. The number of nitrogens with one attached hydrogen (secondary N) is 1. The Hall–Kier alpha value is -1.76. The highest BCUT2D eigenvalue weighted by Gasteiger charge is 2.21. The summed E-state index contributed by atoms with van der Waals surface area (Å²) >= 11 is 0. The fraction of sp³-hybridized carbons (Fsp3) is 0.200. The first-order valence-corrected chi connectivity index (χ1v) is 7.98. The van der Waals surface area contributed by atoms with E-state index < -0.39 is 21.9 Å². The van der Waals surface area contributed by atoms with Gasteiger partial charge in [0.05, 0.1) is 0 Å². The lowest BCUT2D eigenvalue weighted by atomic mass is 10.1. The number of sulfonamides is 1. The van der Waals surface area contributed by atoms with Crippen molar-refractivity contribution >= 4 is 10.0 Å². The first-order valence-electron chi connectivity index (χ1n) is 6.50. The van der Waals surface area contributed by atoms with Gasteiger partial charge in [-0.1, -0.05) is 36.4 Å². The van der Waals surface area contributed by atoms with E-state index in [1.165, 1.54) is 18.2 Å². The molecular weight excluding hydrogens is 291 g/mol. The smallest absolute Gasteiger partial charge is 0.244 e. The van der Waals surface area contributed by atoms with Gasteiger partial charge in [0.15, 0.2) is 0 Å². The van der Waals surface area contributed by atoms with Crippen LogP contribution >= 0.6 is 0 Å². The van der Waals surface area contributed by atoms with Crippen molar-refractivity contribution in [3.63, 3.8) is 0 Å². The van der Waals surface area contributed by atoms with Crippen LogP contribution in [-0.2, 0) is 16.6 Å². The molecule has 4 nitrogen and oxygen atoms in total. The SMILES string of the molecule is CC(NS(=O)(=O)c1ccccc1F)c1ccc(CN)cc1. The van der Waals surface area contributed by atoms with Crippen molar-refractivity contribution in [2.24, 2.45) is 5.73 Å². The predicted octanol–water partition coefficient (Wildman–Crippen LogP) is 2.32. The highest BCUT2D eigenvalue weighted by atomic mass is 32.2. The highest BCUT2D eigenvalue weighted by molar-refractivity contribution is 7.89. The number of halogens is 1. The van der Waals surface area contributed by atoms with Crippen LogP contribution in [0.4, 0.5) is 4.39 Å². The third kappa shape index (κ3) is 3.66. The van der Waals surface area contributed by atoms with E-state index >= 15 is 0 Å². The van der Waals surface area contributed by atoms with Crippen LogP contribution < -0.4 is 10.5 Å². The lowest BCUT2D eigenvalue weighted by Gasteiger charge is -2.15. The van der Waals surface area contributed by atoms with Crippen LogP contribution in [0.1, 0.15) is 24.1 Å². The van der Waals surface area contributed by atoms with E-state index in [1.54, 1.807) is 19.1 Å². The van der Waals surface area contributed by atoms with Crippen LogP contribution in [0.5, 0.6) is 0 Å². The summed E-state index contributed by atoms with van der Waals surface area (Å²) in [5.74, 6) is -0.768. The van der Waals surface area contributed by atoms with Gasteiger partial charge >= 0.3 is 0 Å². The van der Waals surface area contributed by atoms with Gasteiger partial charge in [-0.05, 0) is 30.2 Å². The Kier molecular flexibility index (Phi) is 4.72. The Morgan fingerprint density at radius 3 is 2.33 bits per heavy atom. The van der Waals surface area contributed by atoms with Crippen LogP contribution in [0, 0.1) is 5.82 Å². The summed E-state index contributed by atoms with van der Waals surface area (Å²) in [6, 6.07) is 12.1. The van der Waals surface area contributed by atoms with Crippen LogP contribution in [0.25, 0.3) is 0 Å². The summed E-state index contributed by atoms with van der Waals surface area (Å²) in [7, 11) is -3.90. The largest absolute Gasteiger partial charge is 0.326 e. The second-order valence-corrected chi connectivity index (χ2v) is 6.40. The van der Waals surface area contributed by atoms with Gasteiger partial charge in [0.2, 0.25) is 10.0 Å². The molecule has 2 aromatic carbocycles. The minimum Gasteiger partial charge on any atom is -0.326 e. The molecule has 6 heteroatoms. The van der Waals surface area contributed by atoms with Gasteiger partial charge in [0, 0.05) is 12.6 Å². The Balaban J connectivity index is 2.21. The van der Waals surface area contributed by atoms with Gasteiger partial charge in [0.1, 0.15) is 10.7 Å². The molecule has 0 fully saturated rings. The minimum absolute atomic E-state index is 0.351. The number of benzene rings is 2. The molecule has 0 radical (unpaired) electrons. The van der Waals surface area contributed by atoms with Crippen molar-refractivity contribution in [1.82, 2.24) is 4.72 Å². The second kappa shape index (κ2) is 6.34. The lowest BCUT2D eigenvalue weighted by Crippen LogP contribution is -2.27. The molecule has 0 aliphatic carbocycles. The van der Waals surface area contributed by atoms with E-state index in [-0.39, 0.29) is 4.90 Å². The van der Waals surface area contributed by atoms with Crippen molar-refractivity contribution in [2.75, 3.05) is 0 Å². The molecule has 1 atom stereocenters. The molecule has 2 aromatic rings. The van der Waals surface area contributed by atoms with Gasteiger partial charge in [-0.25, -0.2) is 17.5 Å². The van der Waals surface area contributed by atoms with E-state index in [1.807, 2.05) is 12.1 Å². The maximum absolute atomic E-state index is 13.6. The molecule has 2 rings (SSSR count). The molecule has 0 saturated heterocycles. The molecule has 0 aromatic heterocycles. The molecule has 3 N–H and O–H groups in total. The summed E-state index contributed by atoms with van der Waals surface area (Å²) in [6.45, 7) is 2.13. The molecule has 0 bridgehead atoms. The molecule has 1 unspecified atom stereocenters. The average Bonchev–Trinajstić information content (AvgIpc) is 2.47. The maximum atomic E-state index is 13.6.